The molecule has 1 aromatic rings. The number of likely N-dealkylation sites (tertiary alicyclic amines) is 1. The van der Waals surface area contributed by atoms with Crippen molar-refractivity contribution < 1.29 is 9.84 Å². The molecule has 1 N–H and O–H groups in total. The van der Waals surface area contributed by atoms with E-state index in [0.29, 0.717) is 13.2 Å². The summed E-state index contributed by atoms with van der Waals surface area (Å²) in [5.41, 5.74) is 0.910. The number of hydrogen-bond donors (Lipinski definition) is 1. The molecule has 0 bridgehead atoms. The van der Waals surface area contributed by atoms with Crippen LogP contribution in [-0.4, -0.2) is 36.2 Å². The minimum atomic E-state index is -0.460. The highest BCUT2D eigenvalue weighted by atomic mass is 16.5. The summed E-state index contributed by atoms with van der Waals surface area (Å²) < 4.78 is 5.60. The van der Waals surface area contributed by atoms with Crippen LogP contribution in [-0.2, 0) is 0 Å². The van der Waals surface area contributed by atoms with Crippen molar-refractivity contribution in [1.29, 1.82) is 0 Å². The lowest BCUT2D eigenvalue weighted by Gasteiger charge is -2.22. The second-order valence-corrected chi connectivity index (χ2v) is 5.69. The third-order valence-corrected chi connectivity index (χ3v) is 4.08. The van der Waals surface area contributed by atoms with E-state index in [1.54, 1.807) is 0 Å². The largest absolute Gasteiger partial charge is 0.493 e. The van der Waals surface area contributed by atoms with Crippen molar-refractivity contribution in [3.05, 3.63) is 29.8 Å². The molecule has 1 aliphatic rings. The van der Waals surface area contributed by atoms with Gasteiger partial charge < -0.3 is 14.7 Å². The zero-order valence-corrected chi connectivity index (χ0v) is 12.7. The smallest absolute Gasteiger partial charge is 0.125 e. The molecule has 0 amide bonds. The lowest BCUT2D eigenvalue weighted by molar-refractivity contribution is 0.120. The number of hydrogen-bond acceptors (Lipinski definition) is 3. The molecule has 3 heteroatoms. The van der Waals surface area contributed by atoms with Gasteiger partial charge >= 0.3 is 0 Å². The predicted octanol–water partition coefficient (Wildman–Crippen LogP) is 3.24. The Labute approximate surface area is 122 Å². The van der Waals surface area contributed by atoms with Gasteiger partial charge in [0, 0.05) is 18.7 Å². The molecule has 2 rings (SSSR count). The van der Waals surface area contributed by atoms with Crippen LogP contribution in [0, 0.1) is 5.92 Å². The summed E-state index contributed by atoms with van der Waals surface area (Å²) in [6, 6.07) is 7.82. The van der Waals surface area contributed by atoms with Crippen LogP contribution >= 0.6 is 0 Å². The molecule has 1 heterocycles. The monoisotopic (exact) mass is 277 g/mol. The van der Waals surface area contributed by atoms with E-state index in [4.69, 9.17) is 4.74 Å². The van der Waals surface area contributed by atoms with Gasteiger partial charge in [-0.1, -0.05) is 31.5 Å². The van der Waals surface area contributed by atoms with Gasteiger partial charge in [0.05, 0.1) is 12.7 Å². The van der Waals surface area contributed by atoms with E-state index in [2.05, 4.69) is 11.8 Å². The van der Waals surface area contributed by atoms with E-state index in [1.807, 2.05) is 31.2 Å². The number of aliphatic hydroxyl groups is 1. The van der Waals surface area contributed by atoms with Crippen molar-refractivity contribution in [1.82, 2.24) is 4.90 Å². The fraction of sp³-hybridized carbons (Fsp3) is 0.647. The molecule has 3 nitrogen and oxygen atoms in total. The van der Waals surface area contributed by atoms with Crippen LogP contribution in [0.1, 0.15) is 44.8 Å². The first kappa shape index (κ1) is 15.3. The summed E-state index contributed by atoms with van der Waals surface area (Å²) >= 11 is 0. The topological polar surface area (TPSA) is 32.7 Å². The Hall–Kier alpha value is -1.06. The molecule has 0 saturated carbocycles. The summed E-state index contributed by atoms with van der Waals surface area (Å²) in [4.78, 5) is 2.38. The summed E-state index contributed by atoms with van der Waals surface area (Å²) in [7, 11) is 0. The molecule has 1 aliphatic heterocycles. The van der Waals surface area contributed by atoms with Gasteiger partial charge in [-0.2, -0.15) is 0 Å². The second kappa shape index (κ2) is 7.65. The zero-order valence-electron chi connectivity index (χ0n) is 12.7. The number of β-amino-alcohol motifs (C(OH)–C–C–N with tert-alkyl or cyclic N) is 1. The number of ether oxygens (including phenoxy) is 1. The van der Waals surface area contributed by atoms with Gasteiger partial charge in [-0.3, -0.25) is 0 Å². The molecular weight excluding hydrogens is 250 g/mol. The molecule has 0 radical (unpaired) electrons. The van der Waals surface area contributed by atoms with Crippen LogP contribution < -0.4 is 4.74 Å². The zero-order chi connectivity index (χ0) is 14.4. The summed E-state index contributed by atoms with van der Waals surface area (Å²) in [6.07, 6.45) is 3.38. The Morgan fingerprint density at radius 1 is 1.35 bits per heavy atom. The molecule has 1 aromatic carbocycles. The summed E-state index contributed by atoms with van der Waals surface area (Å²) in [5.74, 6) is 1.63. The minimum absolute atomic E-state index is 0.460. The molecule has 1 fully saturated rings. The molecule has 0 aromatic heterocycles. The maximum absolute atomic E-state index is 10.5. The van der Waals surface area contributed by atoms with Gasteiger partial charge in [0.15, 0.2) is 0 Å². The van der Waals surface area contributed by atoms with E-state index in [9.17, 15) is 5.11 Å². The van der Waals surface area contributed by atoms with Gasteiger partial charge in [0.25, 0.3) is 0 Å². The average molecular weight is 277 g/mol. The van der Waals surface area contributed by atoms with Gasteiger partial charge in [0.1, 0.15) is 5.75 Å². The standard InChI is InChI=1S/C17H27NO2/c1-3-7-14-10-11-18(12-14)13-16(19)15-8-5-6-9-17(15)20-4-2/h5-6,8-9,14,16,19H,3-4,7,10-13H2,1-2H3. The van der Waals surface area contributed by atoms with Crippen LogP contribution in [0.4, 0.5) is 0 Å². The number of benzene rings is 1. The lowest BCUT2D eigenvalue weighted by Crippen LogP contribution is -2.26. The first-order chi connectivity index (χ1) is 9.74. The molecule has 2 atom stereocenters. The van der Waals surface area contributed by atoms with Gasteiger partial charge in [-0.05, 0) is 38.3 Å². The van der Waals surface area contributed by atoms with Crippen LogP contribution in [0.3, 0.4) is 0 Å². The molecule has 0 spiro atoms. The minimum Gasteiger partial charge on any atom is -0.493 e. The third kappa shape index (κ3) is 3.97. The van der Waals surface area contributed by atoms with Crippen molar-refractivity contribution in [3.63, 3.8) is 0 Å². The number of nitrogens with zero attached hydrogens (tertiary/aromatic N) is 1. The SMILES string of the molecule is CCCC1CCN(CC(O)c2ccccc2OCC)C1. The normalized spacial score (nSPS) is 21.1. The van der Waals surface area contributed by atoms with Crippen LogP contribution in [0.5, 0.6) is 5.75 Å². The van der Waals surface area contributed by atoms with Crippen molar-refractivity contribution in [2.24, 2.45) is 5.92 Å². The van der Waals surface area contributed by atoms with E-state index in [1.165, 1.54) is 19.3 Å². The highest BCUT2D eigenvalue weighted by molar-refractivity contribution is 5.35. The Morgan fingerprint density at radius 2 is 2.15 bits per heavy atom. The Balaban J connectivity index is 1.93. The molecule has 20 heavy (non-hydrogen) atoms. The van der Waals surface area contributed by atoms with Gasteiger partial charge in [0.2, 0.25) is 0 Å². The van der Waals surface area contributed by atoms with E-state index >= 15 is 0 Å². The fourth-order valence-electron chi connectivity index (χ4n) is 3.11. The van der Waals surface area contributed by atoms with Crippen LogP contribution in [0.15, 0.2) is 24.3 Å². The predicted molar refractivity (Wildman–Crippen MR) is 82.0 cm³/mol. The first-order valence-corrected chi connectivity index (χ1v) is 7.86. The lowest BCUT2D eigenvalue weighted by atomic mass is 10.0. The van der Waals surface area contributed by atoms with Crippen molar-refractivity contribution in [2.75, 3.05) is 26.2 Å². The quantitative estimate of drug-likeness (QED) is 0.830. The van der Waals surface area contributed by atoms with Gasteiger partial charge in [-0.25, -0.2) is 0 Å². The number of rotatable bonds is 7. The van der Waals surface area contributed by atoms with E-state index in [0.717, 1.165) is 30.3 Å². The van der Waals surface area contributed by atoms with Crippen molar-refractivity contribution in [2.45, 2.75) is 39.2 Å². The Morgan fingerprint density at radius 3 is 2.90 bits per heavy atom. The highest BCUT2D eigenvalue weighted by Gasteiger charge is 2.24. The summed E-state index contributed by atoms with van der Waals surface area (Å²) in [5, 5.41) is 10.5. The molecule has 2 unspecified atom stereocenters. The van der Waals surface area contributed by atoms with E-state index in [-0.39, 0.29) is 0 Å². The maximum Gasteiger partial charge on any atom is 0.125 e. The van der Waals surface area contributed by atoms with Gasteiger partial charge in [-0.15, -0.1) is 0 Å². The van der Waals surface area contributed by atoms with Crippen molar-refractivity contribution >= 4 is 0 Å². The molecular formula is C17H27NO2. The summed E-state index contributed by atoms with van der Waals surface area (Å²) in [6.45, 7) is 7.80. The molecule has 0 aliphatic carbocycles. The average Bonchev–Trinajstić information content (AvgIpc) is 2.87. The third-order valence-electron chi connectivity index (χ3n) is 4.08. The number of para-hydroxylation sites is 1. The van der Waals surface area contributed by atoms with E-state index < -0.39 is 6.10 Å². The number of aliphatic hydroxyl groups excluding tert-OH is 1. The fourth-order valence-corrected chi connectivity index (χ4v) is 3.11. The first-order valence-electron chi connectivity index (χ1n) is 7.86. The Kier molecular flexibility index (Phi) is 5.86. The van der Waals surface area contributed by atoms with Crippen LogP contribution in [0.25, 0.3) is 0 Å². The maximum atomic E-state index is 10.5. The molecule has 112 valence electrons. The highest BCUT2D eigenvalue weighted by Crippen LogP contribution is 2.28. The van der Waals surface area contributed by atoms with Crippen molar-refractivity contribution in [3.8, 4) is 5.75 Å². The second-order valence-electron chi connectivity index (χ2n) is 5.69. The Bertz CT molecular complexity index is 408. The molecule has 1 saturated heterocycles. The van der Waals surface area contributed by atoms with Crippen LogP contribution in [0.2, 0.25) is 0 Å².